The third-order valence-electron chi connectivity index (χ3n) is 4.75. The van der Waals surface area contributed by atoms with Gasteiger partial charge >= 0.3 is 0 Å². The second kappa shape index (κ2) is 8.25. The summed E-state index contributed by atoms with van der Waals surface area (Å²) in [5, 5.41) is 2.96. The van der Waals surface area contributed by atoms with Gasteiger partial charge in [-0.3, -0.25) is 9.69 Å². The molecule has 2 heterocycles. The van der Waals surface area contributed by atoms with Crippen LogP contribution in [0.1, 0.15) is 30.1 Å². The largest absolute Gasteiger partial charge is 0.355 e. The molecule has 6 heteroatoms. The van der Waals surface area contributed by atoms with E-state index in [0.717, 1.165) is 37.3 Å². The van der Waals surface area contributed by atoms with Gasteiger partial charge in [0.25, 0.3) is 0 Å². The third kappa shape index (κ3) is 4.89. The fourth-order valence-electron chi connectivity index (χ4n) is 3.44. The molecule has 1 amide bonds. The summed E-state index contributed by atoms with van der Waals surface area (Å²) >= 11 is 0. The average molecular weight is 344 g/mol. The number of aryl methyl sites for hydroxylation is 1. The van der Waals surface area contributed by atoms with Gasteiger partial charge in [0, 0.05) is 38.4 Å². The molecule has 1 aromatic heterocycles. The molecule has 0 radical (unpaired) electrons. The molecule has 1 N–H and O–H groups in total. The van der Waals surface area contributed by atoms with Crippen molar-refractivity contribution >= 4 is 5.91 Å². The summed E-state index contributed by atoms with van der Waals surface area (Å²) < 4.78 is 14.9. The summed E-state index contributed by atoms with van der Waals surface area (Å²) in [7, 11) is 2.02. The molecule has 1 unspecified atom stereocenters. The van der Waals surface area contributed by atoms with E-state index in [1.165, 1.54) is 12.1 Å². The Balaban J connectivity index is 1.43. The predicted octanol–water partition coefficient (Wildman–Crippen LogP) is 2.10. The maximum Gasteiger partial charge on any atom is 0.234 e. The molecule has 0 saturated carbocycles. The van der Waals surface area contributed by atoms with Gasteiger partial charge in [-0.2, -0.15) is 0 Å². The van der Waals surface area contributed by atoms with E-state index < -0.39 is 0 Å². The Hall–Kier alpha value is -2.21. The molecule has 3 rings (SSSR count). The first-order valence-electron chi connectivity index (χ1n) is 8.82. The fourth-order valence-corrected chi connectivity index (χ4v) is 3.44. The lowest BCUT2D eigenvalue weighted by Crippen LogP contribution is -2.42. The highest BCUT2D eigenvalue weighted by atomic mass is 19.1. The van der Waals surface area contributed by atoms with Gasteiger partial charge in [-0.05, 0) is 43.5 Å². The van der Waals surface area contributed by atoms with Gasteiger partial charge in [0.15, 0.2) is 0 Å². The first-order valence-corrected chi connectivity index (χ1v) is 8.82. The standard InChI is InChI=1S/C19H25FN4O/c1-23-12-10-22-19(23)16-3-2-11-24(13-16)14-18(25)21-9-8-15-4-6-17(20)7-5-15/h4-7,10,12,16H,2-3,8-9,11,13-14H2,1H3,(H,21,25). The van der Waals surface area contributed by atoms with Crippen molar-refractivity contribution in [2.75, 3.05) is 26.2 Å². The van der Waals surface area contributed by atoms with E-state index in [0.29, 0.717) is 25.4 Å². The number of imidazole rings is 1. The second-order valence-corrected chi connectivity index (χ2v) is 6.70. The van der Waals surface area contributed by atoms with E-state index in [1.54, 1.807) is 12.1 Å². The lowest BCUT2D eigenvalue weighted by atomic mass is 9.97. The molecule has 1 aromatic carbocycles. The number of hydrogen-bond donors (Lipinski definition) is 1. The van der Waals surface area contributed by atoms with Crippen LogP contribution < -0.4 is 5.32 Å². The second-order valence-electron chi connectivity index (χ2n) is 6.70. The van der Waals surface area contributed by atoms with Crippen molar-refractivity contribution in [3.63, 3.8) is 0 Å². The van der Waals surface area contributed by atoms with Crippen LogP contribution in [0.3, 0.4) is 0 Å². The summed E-state index contributed by atoms with van der Waals surface area (Å²) in [5.74, 6) is 1.30. The molecule has 1 atom stereocenters. The number of hydrogen-bond acceptors (Lipinski definition) is 3. The molecular weight excluding hydrogens is 319 g/mol. The van der Waals surface area contributed by atoms with Crippen molar-refractivity contribution in [1.29, 1.82) is 0 Å². The summed E-state index contributed by atoms with van der Waals surface area (Å²) in [6.45, 7) is 2.81. The highest BCUT2D eigenvalue weighted by molar-refractivity contribution is 5.78. The van der Waals surface area contributed by atoms with Crippen molar-refractivity contribution in [3.8, 4) is 0 Å². The maximum absolute atomic E-state index is 12.9. The molecular formula is C19H25FN4O. The van der Waals surface area contributed by atoms with Gasteiger partial charge in [-0.15, -0.1) is 0 Å². The summed E-state index contributed by atoms with van der Waals surface area (Å²) in [6.07, 6.45) is 6.71. The van der Waals surface area contributed by atoms with E-state index in [4.69, 9.17) is 0 Å². The zero-order valence-corrected chi connectivity index (χ0v) is 14.6. The van der Waals surface area contributed by atoms with Gasteiger partial charge in [0.2, 0.25) is 5.91 Å². The number of likely N-dealkylation sites (tertiary alicyclic amines) is 1. The smallest absolute Gasteiger partial charge is 0.234 e. The molecule has 0 bridgehead atoms. The molecule has 0 aliphatic carbocycles. The van der Waals surface area contributed by atoms with Crippen molar-refractivity contribution in [1.82, 2.24) is 19.8 Å². The topological polar surface area (TPSA) is 50.2 Å². The van der Waals surface area contributed by atoms with Crippen LogP contribution in [0.2, 0.25) is 0 Å². The third-order valence-corrected chi connectivity index (χ3v) is 4.75. The molecule has 25 heavy (non-hydrogen) atoms. The van der Waals surface area contributed by atoms with Crippen molar-refractivity contribution in [2.45, 2.75) is 25.2 Å². The minimum absolute atomic E-state index is 0.0441. The molecule has 5 nitrogen and oxygen atoms in total. The van der Waals surface area contributed by atoms with E-state index in [1.807, 2.05) is 19.4 Å². The molecule has 1 aliphatic heterocycles. The molecule has 1 aliphatic rings. The number of carbonyl (C=O) groups is 1. The van der Waals surface area contributed by atoms with Crippen molar-refractivity contribution in [2.24, 2.45) is 7.05 Å². The normalized spacial score (nSPS) is 18.2. The van der Waals surface area contributed by atoms with Crippen LogP contribution in [-0.2, 0) is 18.3 Å². The van der Waals surface area contributed by atoms with Crippen LogP contribution >= 0.6 is 0 Å². The van der Waals surface area contributed by atoms with Crippen LogP contribution in [0.15, 0.2) is 36.7 Å². The van der Waals surface area contributed by atoms with E-state index in [9.17, 15) is 9.18 Å². The quantitative estimate of drug-likeness (QED) is 0.873. The van der Waals surface area contributed by atoms with Crippen LogP contribution in [0.25, 0.3) is 0 Å². The molecule has 0 spiro atoms. The summed E-state index contributed by atoms with van der Waals surface area (Å²) in [6, 6.07) is 6.40. The van der Waals surface area contributed by atoms with Crippen LogP contribution in [0.4, 0.5) is 4.39 Å². The highest BCUT2D eigenvalue weighted by Crippen LogP contribution is 2.25. The Morgan fingerprint density at radius 2 is 2.16 bits per heavy atom. The zero-order valence-electron chi connectivity index (χ0n) is 14.6. The van der Waals surface area contributed by atoms with Crippen LogP contribution in [-0.4, -0.2) is 46.5 Å². The number of carbonyl (C=O) groups excluding carboxylic acids is 1. The summed E-state index contributed by atoms with van der Waals surface area (Å²) in [5.41, 5.74) is 1.02. The number of benzene rings is 1. The number of halogens is 1. The number of amides is 1. The lowest BCUT2D eigenvalue weighted by Gasteiger charge is -2.31. The Morgan fingerprint density at radius 3 is 2.88 bits per heavy atom. The monoisotopic (exact) mass is 344 g/mol. The first-order chi connectivity index (χ1) is 12.1. The Kier molecular flexibility index (Phi) is 5.81. The zero-order chi connectivity index (χ0) is 17.6. The maximum atomic E-state index is 12.9. The molecule has 1 fully saturated rings. The van der Waals surface area contributed by atoms with Gasteiger partial charge in [-0.1, -0.05) is 12.1 Å². The van der Waals surface area contributed by atoms with E-state index in [2.05, 4.69) is 19.8 Å². The Labute approximate surface area is 147 Å². The van der Waals surface area contributed by atoms with Crippen LogP contribution in [0, 0.1) is 5.82 Å². The van der Waals surface area contributed by atoms with E-state index in [-0.39, 0.29) is 11.7 Å². The lowest BCUT2D eigenvalue weighted by molar-refractivity contribution is -0.122. The Bertz CT molecular complexity index is 698. The van der Waals surface area contributed by atoms with Crippen LogP contribution in [0.5, 0.6) is 0 Å². The summed E-state index contributed by atoms with van der Waals surface area (Å²) in [4.78, 5) is 18.8. The van der Waals surface area contributed by atoms with Gasteiger partial charge in [0.1, 0.15) is 11.6 Å². The van der Waals surface area contributed by atoms with Crippen molar-refractivity contribution in [3.05, 3.63) is 53.9 Å². The molecule has 134 valence electrons. The van der Waals surface area contributed by atoms with Gasteiger partial charge < -0.3 is 9.88 Å². The number of piperidine rings is 1. The first kappa shape index (κ1) is 17.6. The van der Waals surface area contributed by atoms with Gasteiger partial charge in [-0.25, -0.2) is 9.37 Å². The number of rotatable bonds is 6. The minimum Gasteiger partial charge on any atom is -0.355 e. The fraction of sp³-hybridized carbons (Fsp3) is 0.474. The highest BCUT2D eigenvalue weighted by Gasteiger charge is 2.25. The molecule has 2 aromatic rings. The van der Waals surface area contributed by atoms with Crippen molar-refractivity contribution < 1.29 is 9.18 Å². The molecule has 1 saturated heterocycles. The number of aromatic nitrogens is 2. The average Bonchev–Trinajstić information content (AvgIpc) is 3.03. The number of nitrogens with one attached hydrogen (secondary N) is 1. The SMILES string of the molecule is Cn1ccnc1C1CCCN(CC(=O)NCCc2ccc(F)cc2)C1. The predicted molar refractivity (Wildman–Crippen MR) is 94.7 cm³/mol. The van der Waals surface area contributed by atoms with Gasteiger partial charge in [0.05, 0.1) is 6.54 Å². The number of nitrogens with zero attached hydrogens (tertiary/aromatic N) is 3. The Morgan fingerprint density at radius 1 is 1.36 bits per heavy atom. The minimum atomic E-state index is -0.236. The van der Waals surface area contributed by atoms with E-state index >= 15 is 0 Å².